The average Bonchev–Trinajstić information content (AvgIpc) is 3.07. The smallest absolute Gasteiger partial charge is 0.230 e. The number of hydrogen-bond donors (Lipinski definition) is 1. The van der Waals surface area contributed by atoms with Gasteiger partial charge in [-0.3, -0.25) is 9.36 Å². The van der Waals surface area contributed by atoms with Crippen LogP contribution in [0, 0.1) is 5.92 Å². The molecule has 0 saturated carbocycles. The zero-order valence-corrected chi connectivity index (χ0v) is 16.4. The Morgan fingerprint density at radius 2 is 2.19 bits per heavy atom. The van der Waals surface area contributed by atoms with Gasteiger partial charge < -0.3 is 14.8 Å². The molecule has 1 aromatic heterocycles. The fourth-order valence-corrected chi connectivity index (χ4v) is 3.38. The van der Waals surface area contributed by atoms with E-state index in [-0.39, 0.29) is 17.8 Å². The van der Waals surface area contributed by atoms with E-state index in [0.717, 1.165) is 5.75 Å². The fourth-order valence-electron chi connectivity index (χ4n) is 2.59. The monoisotopic (exact) mass is 388 g/mol. The fraction of sp³-hybridized carbons (Fsp3) is 0.421. The number of amides is 1. The summed E-state index contributed by atoms with van der Waals surface area (Å²) in [6.07, 6.45) is 1.41. The van der Waals surface area contributed by atoms with Crippen LogP contribution < -0.4 is 14.8 Å². The lowest BCUT2D eigenvalue weighted by molar-refractivity contribution is -0.118. The van der Waals surface area contributed by atoms with Crippen molar-refractivity contribution in [3.63, 3.8) is 0 Å². The highest BCUT2D eigenvalue weighted by atomic mass is 32.2. The molecule has 144 valence electrons. The molecule has 1 amide bonds. The van der Waals surface area contributed by atoms with E-state index >= 15 is 0 Å². The van der Waals surface area contributed by atoms with Gasteiger partial charge in [-0.1, -0.05) is 43.8 Å². The number of carbonyl (C=O) groups excluding carboxylic acids is 1. The minimum atomic E-state index is -0.364. The Morgan fingerprint density at radius 3 is 2.93 bits per heavy atom. The summed E-state index contributed by atoms with van der Waals surface area (Å²) in [5.41, 5.74) is 0. The summed E-state index contributed by atoms with van der Waals surface area (Å²) >= 11 is 1.35. The molecule has 1 aliphatic rings. The first-order valence-corrected chi connectivity index (χ1v) is 9.89. The molecule has 2 heterocycles. The molecule has 2 aromatic rings. The van der Waals surface area contributed by atoms with Crippen molar-refractivity contribution in [3.05, 3.63) is 42.7 Å². The first-order chi connectivity index (χ1) is 13.1. The summed E-state index contributed by atoms with van der Waals surface area (Å²) in [6.45, 7) is 9.47. The number of para-hydroxylation sites is 2. The SMILES string of the molecule is C=CCn1c(SCC(=O)NCC(C)C)nnc1[C@H]1COc2ccccc2O1. The van der Waals surface area contributed by atoms with Crippen LogP contribution in [-0.2, 0) is 11.3 Å². The molecular weight excluding hydrogens is 364 g/mol. The first-order valence-electron chi connectivity index (χ1n) is 8.90. The third kappa shape index (κ3) is 4.82. The number of hydrogen-bond acceptors (Lipinski definition) is 6. The molecule has 1 N–H and O–H groups in total. The predicted octanol–water partition coefficient (Wildman–Crippen LogP) is 2.84. The highest BCUT2D eigenvalue weighted by Gasteiger charge is 2.28. The molecule has 0 saturated heterocycles. The van der Waals surface area contributed by atoms with Gasteiger partial charge in [0.05, 0.1) is 5.75 Å². The maximum absolute atomic E-state index is 12.0. The number of ether oxygens (including phenoxy) is 2. The first kappa shape index (κ1) is 19.3. The third-order valence-electron chi connectivity index (χ3n) is 3.89. The molecule has 1 aliphatic heterocycles. The van der Waals surface area contributed by atoms with Gasteiger partial charge in [-0.25, -0.2) is 0 Å². The predicted molar refractivity (Wildman–Crippen MR) is 104 cm³/mol. The highest BCUT2D eigenvalue weighted by molar-refractivity contribution is 7.99. The molecule has 0 bridgehead atoms. The topological polar surface area (TPSA) is 78.3 Å². The van der Waals surface area contributed by atoms with Gasteiger partial charge in [-0.05, 0) is 18.1 Å². The Bertz CT molecular complexity index is 806. The van der Waals surface area contributed by atoms with Crippen molar-refractivity contribution in [1.82, 2.24) is 20.1 Å². The molecular formula is C19H24N4O3S. The Kier molecular flexibility index (Phi) is 6.39. The molecule has 3 rings (SSSR count). The summed E-state index contributed by atoms with van der Waals surface area (Å²) in [7, 11) is 0. The summed E-state index contributed by atoms with van der Waals surface area (Å²) < 4.78 is 13.7. The Labute approximate surface area is 163 Å². The summed E-state index contributed by atoms with van der Waals surface area (Å²) in [6, 6.07) is 7.54. The zero-order chi connectivity index (χ0) is 19.2. The van der Waals surface area contributed by atoms with E-state index in [4.69, 9.17) is 9.47 Å². The van der Waals surface area contributed by atoms with Gasteiger partial charge in [0.1, 0.15) is 6.61 Å². The number of carbonyl (C=O) groups is 1. The van der Waals surface area contributed by atoms with Crippen LogP contribution in [0.5, 0.6) is 11.5 Å². The van der Waals surface area contributed by atoms with Crippen molar-refractivity contribution in [1.29, 1.82) is 0 Å². The molecule has 0 radical (unpaired) electrons. The van der Waals surface area contributed by atoms with Crippen LogP contribution in [0.15, 0.2) is 42.1 Å². The van der Waals surface area contributed by atoms with Crippen LogP contribution in [0.4, 0.5) is 0 Å². The number of benzene rings is 1. The van der Waals surface area contributed by atoms with E-state index in [9.17, 15) is 4.79 Å². The van der Waals surface area contributed by atoms with E-state index in [0.29, 0.717) is 42.3 Å². The Morgan fingerprint density at radius 1 is 1.41 bits per heavy atom. The van der Waals surface area contributed by atoms with Gasteiger partial charge in [0, 0.05) is 13.1 Å². The van der Waals surface area contributed by atoms with Gasteiger partial charge in [0.25, 0.3) is 0 Å². The van der Waals surface area contributed by atoms with Gasteiger partial charge in [0.2, 0.25) is 5.91 Å². The van der Waals surface area contributed by atoms with Crippen molar-refractivity contribution < 1.29 is 14.3 Å². The number of allylic oxidation sites excluding steroid dienone is 1. The number of aromatic nitrogens is 3. The number of nitrogens with zero attached hydrogens (tertiary/aromatic N) is 3. The lowest BCUT2D eigenvalue weighted by Crippen LogP contribution is -2.29. The van der Waals surface area contributed by atoms with Gasteiger partial charge >= 0.3 is 0 Å². The van der Waals surface area contributed by atoms with Gasteiger partial charge in [-0.2, -0.15) is 0 Å². The minimum absolute atomic E-state index is 0.0189. The second kappa shape index (κ2) is 8.94. The maximum Gasteiger partial charge on any atom is 0.230 e. The van der Waals surface area contributed by atoms with E-state index < -0.39 is 0 Å². The van der Waals surface area contributed by atoms with Crippen LogP contribution in [0.2, 0.25) is 0 Å². The van der Waals surface area contributed by atoms with Crippen LogP contribution in [0.3, 0.4) is 0 Å². The second-order valence-corrected chi connectivity index (χ2v) is 7.53. The largest absolute Gasteiger partial charge is 0.485 e. The van der Waals surface area contributed by atoms with Crippen LogP contribution in [0.25, 0.3) is 0 Å². The Balaban J connectivity index is 1.70. The molecule has 0 spiro atoms. The summed E-state index contributed by atoms with van der Waals surface area (Å²) in [5.74, 6) is 2.75. The Hall–Kier alpha value is -2.48. The van der Waals surface area contributed by atoms with Crippen LogP contribution in [-0.4, -0.2) is 39.6 Å². The van der Waals surface area contributed by atoms with Crippen molar-refractivity contribution in [2.75, 3.05) is 18.9 Å². The van der Waals surface area contributed by atoms with E-state index in [1.54, 1.807) is 6.08 Å². The molecule has 0 fully saturated rings. The van der Waals surface area contributed by atoms with E-state index in [1.807, 2.05) is 28.8 Å². The molecule has 27 heavy (non-hydrogen) atoms. The molecule has 1 atom stereocenters. The average molecular weight is 388 g/mol. The molecule has 0 aliphatic carbocycles. The maximum atomic E-state index is 12.0. The normalized spacial score (nSPS) is 15.6. The quantitative estimate of drug-likeness (QED) is 0.553. The second-order valence-electron chi connectivity index (χ2n) is 6.59. The van der Waals surface area contributed by atoms with Crippen molar-refractivity contribution >= 4 is 17.7 Å². The summed E-state index contributed by atoms with van der Waals surface area (Å²) in [4.78, 5) is 12.0. The number of rotatable bonds is 8. The molecule has 8 heteroatoms. The van der Waals surface area contributed by atoms with Gasteiger partial charge in [-0.15, -0.1) is 16.8 Å². The van der Waals surface area contributed by atoms with Crippen LogP contribution >= 0.6 is 11.8 Å². The van der Waals surface area contributed by atoms with E-state index in [2.05, 4.69) is 35.9 Å². The van der Waals surface area contributed by atoms with E-state index in [1.165, 1.54) is 11.8 Å². The number of fused-ring (bicyclic) bond motifs is 1. The van der Waals surface area contributed by atoms with Crippen molar-refractivity contribution in [2.24, 2.45) is 5.92 Å². The molecule has 0 unspecified atom stereocenters. The minimum Gasteiger partial charge on any atom is -0.485 e. The van der Waals surface area contributed by atoms with Gasteiger partial charge in [0.15, 0.2) is 28.6 Å². The van der Waals surface area contributed by atoms with Crippen molar-refractivity contribution in [2.45, 2.75) is 31.7 Å². The van der Waals surface area contributed by atoms with Crippen molar-refractivity contribution in [3.8, 4) is 11.5 Å². The molecule has 7 nitrogen and oxygen atoms in total. The lowest BCUT2D eigenvalue weighted by Gasteiger charge is -2.26. The zero-order valence-electron chi connectivity index (χ0n) is 15.6. The third-order valence-corrected chi connectivity index (χ3v) is 4.86. The summed E-state index contributed by atoms with van der Waals surface area (Å²) in [5, 5.41) is 12.1. The highest BCUT2D eigenvalue weighted by Crippen LogP contribution is 2.36. The molecule has 1 aromatic carbocycles. The lowest BCUT2D eigenvalue weighted by atomic mass is 10.2. The number of nitrogens with one attached hydrogen (secondary N) is 1. The number of thioether (sulfide) groups is 1. The standard InChI is InChI=1S/C19H24N4O3S/c1-4-9-23-18(16-11-25-14-7-5-6-8-15(14)26-16)21-22-19(23)27-12-17(24)20-10-13(2)3/h4-8,13,16H,1,9-12H2,2-3H3,(H,20,24)/t16-/m1/s1. The van der Waals surface area contributed by atoms with Crippen LogP contribution in [0.1, 0.15) is 25.8 Å².